The van der Waals surface area contributed by atoms with Gasteiger partial charge in [0.25, 0.3) is 0 Å². The minimum Gasteiger partial charge on any atom is -0.254 e. The van der Waals surface area contributed by atoms with E-state index < -0.39 is 0 Å². The molecule has 0 N–H and O–H groups in total. The van der Waals surface area contributed by atoms with Crippen LogP contribution in [0, 0.1) is 0 Å². The summed E-state index contributed by atoms with van der Waals surface area (Å²) in [5.74, 6) is 0. The van der Waals surface area contributed by atoms with Crippen LogP contribution in [0.5, 0.6) is 0 Å². The van der Waals surface area contributed by atoms with E-state index in [1.54, 1.807) is 6.20 Å². The molecule has 0 spiro atoms. The van der Waals surface area contributed by atoms with E-state index in [1.807, 2.05) is 24.3 Å². The van der Waals surface area contributed by atoms with Crippen molar-refractivity contribution < 1.29 is 0 Å². The van der Waals surface area contributed by atoms with Crippen LogP contribution in [-0.4, -0.2) is 4.98 Å². The molecule has 0 saturated carbocycles. The van der Waals surface area contributed by atoms with Crippen molar-refractivity contribution >= 4 is 38.4 Å². The number of para-hydroxylation sites is 1. The van der Waals surface area contributed by atoms with E-state index in [9.17, 15) is 0 Å². The molecule has 0 saturated heterocycles. The molecular formula is C9H5BrClN. The molecule has 0 atom stereocenters. The lowest BCUT2D eigenvalue weighted by Crippen LogP contribution is -1.78. The highest BCUT2D eigenvalue weighted by molar-refractivity contribution is 9.10. The highest BCUT2D eigenvalue weighted by atomic mass is 79.9. The Kier molecular flexibility index (Phi) is 2.03. The number of aromatic nitrogens is 1. The summed E-state index contributed by atoms with van der Waals surface area (Å²) in [5, 5.41) is 1.72. The standard InChI is InChI=1S/C9H5BrClN/c10-8-3-1-2-6-4-7(11)5-12-9(6)8/h1-5H. The summed E-state index contributed by atoms with van der Waals surface area (Å²) in [7, 11) is 0. The van der Waals surface area contributed by atoms with Crippen molar-refractivity contribution in [3.05, 3.63) is 40.0 Å². The third-order valence-electron chi connectivity index (χ3n) is 1.63. The van der Waals surface area contributed by atoms with Crippen LogP contribution in [-0.2, 0) is 0 Å². The van der Waals surface area contributed by atoms with Crippen molar-refractivity contribution in [1.82, 2.24) is 4.98 Å². The van der Waals surface area contributed by atoms with Crippen LogP contribution in [0.1, 0.15) is 0 Å². The van der Waals surface area contributed by atoms with Crippen molar-refractivity contribution in [3.8, 4) is 0 Å². The van der Waals surface area contributed by atoms with Crippen molar-refractivity contribution in [1.29, 1.82) is 0 Å². The smallest absolute Gasteiger partial charge is 0.0845 e. The summed E-state index contributed by atoms with van der Waals surface area (Å²) in [6.45, 7) is 0. The lowest BCUT2D eigenvalue weighted by atomic mass is 10.2. The molecule has 2 aromatic rings. The molecule has 0 aliphatic heterocycles. The lowest BCUT2D eigenvalue weighted by Gasteiger charge is -1.98. The molecule has 0 fully saturated rings. The van der Waals surface area contributed by atoms with Gasteiger partial charge in [0.15, 0.2) is 0 Å². The first kappa shape index (κ1) is 8.02. The molecule has 0 radical (unpaired) electrons. The molecule has 1 nitrogen and oxygen atoms in total. The molecule has 1 aromatic heterocycles. The maximum absolute atomic E-state index is 5.79. The second-order valence-corrected chi connectivity index (χ2v) is 3.76. The van der Waals surface area contributed by atoms with Crippen LogP contribution >= 0.6 is 27.5 Å². The molecule has 2 rings (SSSR count). The highest BCUT2D eigenvalue weighted by Crippen LogP contribution is 2.23. The summed E-state index contributed by atoms with van der Waals surface area (Å²) in [6.07, 6.45) is 1.65. The summed E-state index contributed by atoms with van der Waals surface area (Å²) >= 11 is 9.21. The van der Waals surface area contributed by atoms with Gasteiger partial charge in [-0.1, -0.05) is 23.7 Å². The quantitative estimate of drug-likeness (QED) is 0.687. The molecular weight excluding hydrogens is 237 g/mol. The number of hydrogen-bond acceptors (Lipinski definition) is 1. The molecule has 60 valence electrons. The van der Waals surface area contributed by atoms with E-state index in [2.05, 4.69) is 20.9 Å². The second kappa shape index (κ2) is 3.04. The molecule has 3 heteroatoms. The van der Waals surface area contributed by atoms with Crippen LogP contribution in [0.4, 0.5) is 0 Å². The van der Waals surface area contributed by atoms with Gasteiger partial charge in [-0.25, -0.2) is 0 Å². The van der Waals surface area contributed by atoms with Crippen molar-refractivity contribution in [2.24, 2.45) is 0 Å². The molecule has 0 amide bonds. The number of benzene rings is 1. The average molecular weight is 243 g/mol. The van der Waals surface area contributed by atoms with E-state index in [0.29, 0.717) is 5.02 Å². The predicted molar refractivity (Wildman–Crippen MR) is 54.5 cm³/mol. The first-order chi connectivity index (χ1) is 5.77. The molecule has 0 unspecified atom stereocenters. The fourth-order valence-corrected chi connectivity index (χ4v) is 1.75. The molecule has 1 heterocycles. The number of halogens is 2. The maximum Gasteiger partial charge on any atom is 0.0845 e. The zero-order chi connectivity index (χ0) is 8.55. The van der Waals surface area contributed by atoms with Gasteiger partial charge in [-0.15, -0.1) is 0 Å². The number of fused-ring (bicyclic) bond motifs is 1. The third kappa shape index (κ3) is 1.32. The van der Waals surface area contributed by atoms with Crippen LogP contribution in [0.25, 0.3) is 10.9 Å². The maximum atomic E-state index is 5.79. The van der Waals surface area contributed by atoms with Crippen LogP contribution in [0.15, 0.2) is 34.9 Å². The Balaban J connectivity index is 2.86. The van der Waals surface area contributed by atoms with Gasteiger partial charge in [-0.2, -0.15) is 0 Å². The van der Waals surface area contributed by atoms with Crippen LogP contribution in [0.2, 0.25) is 5.02 Å². The minimum absolute atomic E-state index is 0.667. The molecule has 0 bridgehead atoms. The molecule has 0 aliphatic carbocycles. The van der Waals surface area contributed by atoms with Gasteiger partial charge in [0.1, 0.15) is 0 Å². The van der Waals surface area contributed by atoms with Gasteiger partial charge in [-0.3, -0.25) is 4.98 Å². The SMILES string of the molecule is Clc1cnc2c(Br)cccc2c1. The zero-order valence-electron chi connectivity index (χ0n) is 6.09. The Morgan fingerprint density at radius 2 is 2.17 bits per heavy atom. The van der Waals surface area contributed by atoms with Gasteiger partial charge >= 0.3 is 0 Å². The largest absolute Gasteiger partial charge is 0.254 e. The number of nitrogens with zero attached hydrogens (tertiary/aromatic N) is 1. The van der Waals surface area contributed by atoms with E-state index >= 15 is 0 Å². The number of hydrogen-bond donors (Lipinski definition) is 0. The van der Waals surface area contributed by atoms with Gasteiger partial charge in [-0.05, 0) is 28.1 Å². The van der Waals surface area contributed by atoms with E-state index in [0.717, 1.165) is 15.4 Å². The van der Waals surface area contributed by atoms with E-state index in [4.69, 9.17) is 11.6 Å². The average Bonchev–Trinajstić information content (AvgIpc) is 2.04. The Morgan fingerprint density at radius 3 is 3.00 bits per heavy atom. The van der Waals surface area contributed by atoms with Gasteiger partial charge in [0, 0.05) is 16.1 Å². The summed E-state index contributed by atoms with van der Waals surface area (Å²) < 4.78 is 0.997. The van der Waals surface area contributed by atoms with Crippen LogP contribution < -0.4 is 0 Å². The minimum atomic E-state index is 0.667. The Bertz CT molecular complexity index is 428. The molecule has 1 aromatic carbocycles. The summed E-state index contributed by atoms with van der Waals surface area (Å²) in [6, 6.07) is 7.81. The highest BCUT2D eigenvalue weighted by Gasteiger charge is 1.98. The van der Waals surface area contributed by atoms with Gasteiger partial charge < -0.3 is 0 Å². The summed E-state index contributed by atoms with van der Waals surface area (Å²) in [4.78, 5) is 4.20. The fraction of sp³-hybridized carbons (Fsp3) is 0. The van der Waals surface area contributed by atoms with Crippen LogP contribution in [0.3, 0.4) is 0 Å². The number of rotatable bonds is 0. The Labute approximate surface area is 83.5 Å². The Hall–Kier alpha value is -0.600. The topological polar surface area (TPSA) is 12.9 Å². The van der Waals surface area contributed by atoms with Crippen molar-refractivity contribution in [2.75, 3.05) is 0 Å². The van der Waals surface area contributed by atoms with Gasteiger partial charge in [0.2, 0.25) is 0 Å². The first-order valence-corrected chi connectivity index (χ1v) is 4.64. The van der Waals surface area contributed by atoms with Crippen molar-refractivity contribution in [3.63, 3.8) is 0 Å². The number of pyridine rings is 1. The van der Waals surface area contributed by atoms with E-state index in [1.165, 1.54) is 0 Å². The molecule has 12 heavy (non-hydrogen) atoms. The van der Waals surface area contributed by atoms with Gasteiger partial charge in [0.05, 0.1) is 10.5 Å². The predicted octanol–water partition coefficient (Wildman–Crippen LogP) is 3.65. The molecule has 0 aliphatic rings. The lowest BCUT2D eigenvalue weighted by molar-refractivity contribution is 1.40. The fourth-order valence-electron chi connectivity index (χ4n) is 1.10. The van der Waals surface area contributed by atoms with E-state index in [-0.39, 0.29) is 0 Å². The first-order valence-electron chi connectivity index (χ1n) is 3.47. The zero-order valence-corrected chi connectivity index (χ0v) is 8.43. The normalized spacial score (nSPS) is 10.5. The Morgan fingerprint density at radius 1 is 1.33 bits per heavy atom. The second-order valence-electron chi connectivity index (χ2n) is 2.47. The summed E-state index contributed by atoms with van der Waals surface area (Å²) in [5.41, 5.74) is 0.946. The third-order valence-corrected chi connectivity index (χ3v) is 2.47. The van der Waals surface area contributed by atoms with Crippen molar-refractivity contribution in [2.45, 2.75) is 0 Å². The monoisotopic (exact) mass is 241 g/mol.